The summed E-state index contributed by atoms with van der Waals surface area (Å²) >= 11 is 0. The summed E-state index contributed by atoms with van der Waals surface area (Å²) in [7, 11) is 3.18. The van der Waals surface area contributed by atoms with E-state index in [1.54, 1.807) is 11.9 Å². The molecular formula is C13H20N4O2. The van der Waals surface area contributed by atoms with Gasteiger partial charge in [-0.25, -0.2) is 9.97 Å². The molecule has 1 heterocycles. The molecule has 0 spiro atoms. The van der Waals surface area contributed by atoms with Crippen molar-refractivity contribution in [2.24, 2.45) is 5.92 Å². The highest BCUT2D eigenvalue weighted by Gasteiger charge is 2.17. The molecule has 0 aliphatic heterocycles. The van der Waals surface area contributed by atoms with Crippen molar-refractivity contribution in [1.29, 1.82) is 0 Å². The van der Waals surface area contributed by atoms with Crippen molar-refractivity contribution in [1.82, 2.24) is 9.97 Å². The predicted octanol–water partition coefficient (Wildman–Crippen LogP) is 1.30. The number of carbonyl (C=O) groups is 1. The highest BCUT2D eigenvalue weighted by molar-refractivity contribution is 5.75. The highest BCUT2D eigenvalue weighted by atomic mass is 16.5. The molecule has 6 nitrogen and oxygen atoms in total. The highest BCUT2D eigenvalue weighted by Crippen LogP contribution is 2.26. The largest absolute Gasteiger partial charge is 0.468 e. The molecule has 1 fully saturated rings. The van der Waals surface area contributed by atoms with Crippen LogP contribution in [0.25, 0.3) is 0 Å². The van der Waals surface area contributed by atoms with Gasteiger partial charge < -0.3 is 15.0 Å². The van der Waals surface area contributed by atoms with Crippen LogP contribution in [0.4, 0.5) is 11.6 Å². The topological polar surface area (TPSA) is 67.3 Å². The first-order chi connectivity index (χ1) is 9.19. The normalized spacial score (nSPS) is 14.6. The van der Waals surface area contributed by atoms with Crippen molar-refractivity contribution in [2.75, 3.05) is 37.5 Å². The van der Waals surface area contributed by atoms with Crippen LogP contribution < -0.4 is 10.2 Å². The number of hydrogen-bond donors (Lipinski definition) is 1. The fourth-order valence-corrected chi connectivity index (χ4v) is 1.94. The van der Waals surface area contributed by atoms with Gasteiger partial charge >= 0.3 is 5.97 Å². The van der Waals surface area contributed by atoms with Gasteiger partial charge in [-0.15, -0.1) is 0 Å². The number of esters is 1. The molecule has 0 radical (unpaired) electrons. The molecule has 1 N–H and O–H groups in total. The quantitative estimate of drug-likeness (QED) is 0.781. The van der Waals surface area contributed by atoms with E-state index in [4.69, 9.17) is 0 Å². The van der Waals surface area contributed by atoms with Gasteiger partial charge in [-0.1, -0.05) is 6.42 Å². The summed E-state index contributed by atoms with van der Waals surface area (Å²) in [6.07, 6.45) is 5.44. The van der Waals surface area contributed by atoms with Gasteiger partial charge in [-0.05, 0) is 18.8 Å². The van der Waals surface area contributed by atoms with Gasteiger partial charge in [-0.2, -0.15) is 0 Å². The number of ether oxygens (including phenoxy) is 1. The molecule has 0 unspecified atom stereocenters. The second kappa shape index (κ2) is 6.36. The van der Waals surface area contributed by atoms with E-state index in [0.29, 0.717) is 5.82 Å². The van der Waals surface area contributed by atoms with E-state index in [2.05, 4.69) is 20.0 Å². The van der Waals surface area contributed by atoms with Crippen LogP contribution in [0, 0.1) is 5.92 Å². The molecule has 2 rings (SSSR count). The number of carbonyl (C=O) groups excluding carboxylic acids is 1. The molecule has 1 aromatic heterocycles. The Hall–Kier alpha value is -1.85. The molecule has 19 heavy (non-hydrogen) atoms. The molecule has 0 bridgehead atoms. The number of nitrogens with zero attached hydrogens (tertiary/aromatic N) is 3. The van der Waals surface area contributed by atoms with E-state index >= 15 is 0 Å². The molecular weight excluding hydrogens is 244 g/mol. The van der Waals surface area contributed by atoms with Crippen LogP contribution in [0.3, 0.4) is 0 Å². The SMILES string of the molecule is COC(=O)CN(C)c1cc(NCC2CCC2)ncn1. The Morgan fingerprint density at radius 1 is 1.53 bits per heavy atom. The first kappa shape index (κ1) is 13.6. The van der Waals surface area contributed by atoms with E-state index in [9.17, 15) is 4.79 Å². The summed E-state index contributed by atoms with van der Waals surface area (Å²) in [6, 6.07) is 1.85. The Morgan fingerprint density at radius 2 is 2.32 bits per heavy atom. The van der Waals surface area contributed by atoms with E-state index < -0.39 is 0 Å². The average molecular weight is 264 g/mol. The van der Waals surface area contributed by atoms with Gasteiger partial charge in [0.2, 0.25) is 0 Å². The lowest BCUT2D eigenvalue weighted by atomic mass is 9.85. The minimum absolute atomic E-state index is 0.176. The van der Waals surface area contributed by atoms with Crippen LogP contribution in [0.5, 0.6) is 0 Å². The number of likely N-dealkylation sites (N-methyl/N-ethyl adjacent to an activating group) is 1. The molecule has 0 amide bonds. The van der Waals surface area contributed by atoms with Crippen molar-refractivity contribution in [3.05, 3.63) is 12.4 Å². The Kier molecular flexibility index (Phi) is 4.54. The number of anilines is 2. The minimum Gasteiger partial charge on any atom is -0.468 e. The smallest absolute Gasteiger partial charge is 0.325 e. The molecule has 1 aliphatic rings. The molecule has 0 aromatic carbocycles. The van der Waals surface area contributed by atoms with E-state index in [0.717, 1.165) is 18.3 Å². The van der Waals surface area contributed by atoms with Crippen LogP contribution in [0.15, 0.2) is 12.4 Å². The van der Waals surface area contributed by atoms with Crippen molar-refractivity contribution in [3.8, 4) is 0 Å². The molecule has 0 saturated heterocycles. The number of hydrogen-bond acceptors (Lipinski definition) is 6. The lowest BCUT2D eigenvalue weighted by Gasteiger charge is -2.25. The molecule has 6 heteroatoms. The number of nitrogens with one attached hydrogen (secondary N) is 1. The summed E-state index contributed by atoms with van der Waals surface area (Å²) < 4.78 is 4.63. The zero-order valence-electron chi connectivity index (χ0n) is 11.4. The Bertz CT molecular complexity index is 434. The van der Waals surface area contributed by atoms with Gasteiger partial charge in [0, 0.05) is 19.7 Å². The maximum atomic E-state index is 11.2. The Morgan fingerprint density at radius 3 is 2.95 bits per heavy atom. The van der Waals surface area contributed by atoms with Gasteiger partial charge in [-0.3, -0.25) is 4.79 Å². The number of aromatic nitrogens is 2. The zero-order valence-corrected chi connectivity index (χ0v) is 11.4. The van der Waals surface area contributed by atoms with Crippen molar-refractivity contribution < 1.29 is 9.53 Å². The first-order valence-electron chi connectivity index (χ1n) is 6.53. The maximum Gasteiger partial charge on any atom is 0.325 e. The molecule has 104 valence electrons. The number of methoxy groups -OCH3 is 1. The average Bonchev–Trinajstić information content (AvgIpc) is 2.37. The molecule has 1 aliphatic carbocycles. The molecule has 1 aromatic rings. The van der Waals surface area contributed by atoms with E-state index in [1.807, 2.05) is 6.07 Å². The van der Waals surface area contributed by atoms with Crippen LogP contribution in [-0.2, 0) is 9.53 Å². The summed E-state index contributed by atoms with van der Waals surface area (Å²) in [5.74, 6) is 1.99. The summed E-state index contributed by atoms with van der Waals surface area (Å²) in [6.45, 7) is 1.13. The number of rotatable bonds is 6. The maximum absolute atomic E-state index is 11.2. The summed E-state index contributed by atoms with van der Waals surface area (Å²) in [4.78, 5) is 21.3. The van der Waals surface area contributed by atoms with E-state index in [1.165, 1.54) is 32.7 Å². The Balaban J connectivity index is 1.91. The fourth-order valence-electron chi connectivity index (χ4n) is 1.94. The van der Waals surface area contributed by atoms with Crippen LogP contribution in [-0.4, -0.2) is 43.2 Å². The third-order valence-electron chi connectivity index (χ3n) is 3.43. The third kappa shape index (κ3) is 3.81. The summed E-state index contributed by atoms with van der Waals surface area (Å²) in [5, 5.41) is 3.32. The van der Waals surface area contributed by atoms with Gasteiger partial charge in [0.05, 0.1) is 7.11 Å². The van der Waals surface area contributed by atoms with Crippen LogP contribution >= 0.6 is 0 Å². The summed E-state index contributed by atoms with van der Waals surface area (Å²) in [5.41, 5.74) is 0. The third-order valence-corrected chi connectivity index (χ3v) is 3.43. The monoisotopic (exact) mass is 264 g/mol. The molecule has 1 saturated carbocycles. The first-order valence-corrected chi connectivity index (χ1v) is 6.53. The molecule has 0 atom stereocenters. The van der Waals surface area contributed by atoms with Crippen molar-refractivity contribution in [3.63, 3.8) is 0 Å². The Labute approximate surface area is 113 Å². The predicted molar refractivity (Wildman–Crippen MR) is 73.1 cm³/mol. The van der Waals surface area contributed by atoms with Gasteiger partial charge in [0.1, 0.15) is 24.5 Å². The second-order valence-electron chi connectivity index (χ2n) is 4.87. The fraction of sp³-hybridized carbons (Fsp3) is 0.615. The lowest BCUT2D eigenvalue weighted by Crippen LogP contribution is -2.27. The lowest BCUT2D eigenvalue weighted by molar-refractivity contribution is -0.138. The standard InChI is InChI=1S/C13H20N4O2/c1-17(8-13(18)19-2)12-6-11(15-9-16-12)14-7-10-4-3-5-10/h6,9-10H,3-5,7-8H2,1-2H3,(H,14,15,16). The van der Waals surface area contributed by atoms with Crippen LogP contribution in [0.1, 0.15) is 19.3 Å². The van der Waals surface area contributed by atoms with Crippen LogP contribution in [0.2, 0.25) is 0 Å². The van der Waals surface area contributed by atoms with E-state index in [-0.39, 0.29) is 12.5 Å². The van der Waals surface area contributed by atoms with Gasteiger partial charge in [0.15, 0.2) is 0 Å². The van der Waals surface area contributed by atoms with Crippen molar-refractivity contribution >= 4 is 17.6 Å². The second-order valence-corrected chi connectivity index (χ2v) is 4.87. The van der Waals surface area contributed by atoms with Gasteiger partial charge in [0.25, 0.3) is 0 Å². The van der Waals surface area contributed by atoms with Crippen molar-refractivity contribution in [2.45, 2.75) is 19.3 Å². The zero-order chi connectivity index (χ0) is 13.7. The minimum atomic E-state index is -0.287.